The van der Waals surface area contributed by atoms with E-state index in [1.165, 1.54) is 0 Å². The van der Waals surface area contributed by atoms with Gasteiger partial charge in [0.2, 0.25) is 0 Å². The number of aliphatic carboxylic acids is 1. The van der Waals surface area contributed by atoms with Crippen molar-refractivity contribution in [1.82, 2.24) is 4.40 Å². The maximum atomic E-state index is 10.5. The van der Waals surface area contributed by atoms with E-state index in [2.05, 4.69) is 0 Å². The summed E-state index contributed by atoms with van der Waals surface area (Å²) in [6, 6.07) is 5.86. The van der Waals surface area contributed by atoms with Crippen LogP contribution in [0.3, 0.4) is 0 Å². The number of aromatic nitrogens is 1. The van der Waals surface area contributed by atoms with Crippen LogP contribution in [0.4, 0.5) is 0 Å². The van der Waals surface area contributed by atoms with Crippen molar-refractivity contribution in [3.05, 3.63) is 40.7 Å². The molecule has 0 aliphatic heterocycles. The summed E-state index contributed by atoms with van der Waals surface area (Å²) in [5.74, 6) is -0.755. The number of carboxylic acids is 1. The number of nitrogens with zero attached hydrogens (tertiary/aromatic N) is 1. The molecule has 0 amide bonds. The molecule has 0 bridgehead atoms. The van der Waals surface area contributed by atoms with Crippen molar-refractivity contribution in [2.45, 2.75) is 26.2 Å². The zero-order valence-electron chi connectivity index (χ0n) is 9.61. The lowest BCUT2D eigenvalue weighted by atomic mass is 10.1. The van der Waals surface area contributed by atoms with E-state index >= 15 is 0 Å². The summed E-state index contributed by atoms with van der Waals surface area (Å²) >= 11 is 6.25. The Morgan fingerprint density at radius 3 is 2.94 bits per heavy atom. The van der Waals surface area contributed by atoms with Crippen LogP contribution >= 0.6 is 11.6 Å². The summed E-state index contributed by atoms with van der Waals surface area (Å²) < 4.78 is 2.04. The molecular weight excluding hydrogens is 238 g/mol. The second kappa shape index (κ2) is 4.80. The molecule has 3 nitrogen and oxygen atoms in total. The average molecular weight is 252 g/mol. The summed E-state index contributed by atoms with van der Waals surface area (Å²) in [5, 5.41) is 9.41. The molecule has 2 aromatic rings. The number of aryl methyl sites for hydroxylation is 1. The second-order valence-electron chi connectivity index (χ2n) is 4.09. The Hall–Kier alpha value is -1.48. The van der Waals surface area contributed by atoms with Crippen LogP contribution in [0.1, 0.15) is 24.1 Å². The van der Waals surface area contributed by atoms with Crippen molar-refractivity contribution in [3.8, 4) is 0 Å². The van der Waals surface area contributed by atoms with Crippen LogP contribution in [-0.4, -0.2) is 15.5 Å². The smallest absolute Gasteiger partial charge is 0.303 e. The molecule has 0 aromatic carbocycles. The predicted octanol–water partition coefficient (Wildman–Crippen LogP) is 3.31. The molecular formula is C13H14ClNO2. The number of hydrogen-bond acceptors (Lipinski definition) is 1. The van der Waals surface area contributed by atoms with Crippen LogP contribution < -0.4 is 0 Å². The van der Waals surface area contributed by atoms with Crippen molar-refractivity contribution in [1.29, 1.82) is 0 Å². The number of halogens is 1. The Morgan fingerprint density at radius 2 is 2.24 bits per heavy atom. The first kappa shape index (κ1) is 12.0. The van der Waals surface area contributed by atoms with Crippen LogP contribution in [0, 0.1) is 6.92 Å². The van der Waals surface area contributed by atoms with Gasteiger partial charge in [0.1, 0.15) is 0 Å². The topological polar surface area (TPSA) is 41.7 Å². The molecule has 0 fully saturated rings. The molecule has 0 atom stereocenters. The summed E-state index contributed by atoms with van der Waals surface area (Å²) in [6.07, 6.45) is 3.52. The largest absolute Gasteiger partial charge is 0.481 e. The molecule has 2 rings (SSSR count). The van der Waals surface area contributed by atoms with Crippen LogP contribution in [0.2, 0.25) is 5.02 Å². The highest BCUT2D eigenvalue weighted by molar-refractivity contribution is 6.34. The van der Waals surface area contributed by atoms with Crippen molar-refractivity contribution in [2.24, 2.45) is 0 Å². The first-order chi connectivity index (χ1) is 8.11. The third kappa shape index (κ3) is 2.29. The van der Waals surface area contributed by atoms with Gasteiger partial charge in [-0.1, -0.05) is 17.7 Å². The molecule has 2 aromatic heterocycles. The Morgan fingerprint density at radius 1 is 1.47 bits per heavy atom. The third-order valence-corrected chi connectivity index (χ3v) is 3.42. The van der Waals surface area contributed by atoms with Gasteiger partial charge in [-0.05, 0) is 37.5 Å². The number of rotatable bonds is 4. The molecule has 0 radical (unpaired) electrons. The van der Waals surface area contributed by atoms with Crippen molar-refractivity contribution >= 4 is 23.1 Å². The molecule has 4 heteroatoms. The lowest BCUT2D eigenvalue weighted by Crippen LogP contribution is -1.99. The van der Waals surface area contributed by atoms with E-state index < -0.39 is 5.97 Å². The summed E-state index contributed by atoms with van der Waals surface area (Å²) in [7, 11) is 0. The molecule has 0 aliphatic rings. The van der Waals surface area contributed by atoms with Gasteiger partial charge in [-0.2, -0.15) is 0 Å². The molecule has 2 heterocycles. The summed E-state index contributed by atoms with van der Waals surface area (Å²) in [4.78, 5) is 10.5. The Bertz CT molecular complexity index is 560. The fourth-order valence-electron chi connectivity index (χ4n) is 2.07. The standard InChI is InChI=1S/C13H14ClNO2/c1-9-10(6-4-7-12(16)17)15-8-3-2-5-11(15)13(9)14/h2-3,5,8H,4,6-7H2,1H3,(H,16,17). The lowest BCUT2D eigenvalue weighted by molar-refractivity contribution is -0.137. The average Bonchev–Trinajstić information content (AvgIpc) is 2.54. The van der Waals surface area contributed by atoms with Crippen molar-refractivity contribution in [2.75, 3.05) is 0 Å². The van der Waals surface area contributed by atoms with E-state index in [9.17, 15) is 4.79 Å². The van der Waals surface area contributed by atoms with E-state index in [0.29, 0.717) is 6.42 Å². The zero-order valence-corrected chi connectivity index (χ0v) is 10.4. The number of pyridine rings is 1. The van der Waals surface area contributed by atoms with Gasteiger partial charge >= 0.3 is 5.97 Å². The van der Waals surface area contributed by atoms with Crippen LogP contribution in [0.5, 0.6) is 0 Å². The predicted molar refractivity (Wildman–Crippen MR) is 67.7 cm³/mol. The number of fused-ring (bicyclic) bond motifs is 1. The third-order valence-electron chi connectivity index (χ3n) is 2.94. The fraction of sp³-hybridized carbons (Fsp3) is 0.308. The SMILES string of the molecule is Cc1c(Cl)c2ccccn2c1CCCC(=O)O. The highest BCUT2D eigenvalue weighted by atomic mass is 35.5. The molecule has 0 unspecified atom stereocenters. The van der Waals surface area contributed by atoms with E-state index in [0.717, 1.165) is 28.2 Å². The van der Waals surface area contributed by atoms with Gasteiger partial charge in [0.25, 0.3) is 0 Å². The molecule has 0 saturated carbocycles. The molecule has 17 heavy (non-hydrogen) atoms. The number of carbonyl (C=O) groups is 1. The van der Waals surface area contributed by atoms with Gasteiger partial charge in [0, 0.05) is 18.3 Å². The lowest BCUT2D eigenvalue weighted by Gasteiger charge is -2.02. The van der Waals surface area contributed by atoms with E-state index in [1.807, 2.05) is 35.7 Å². The van der Waals surface area contributed by atoms with Gasteiger partial charge in [0.15, 0.2) is 0 Å². The van der Waals surface area contributed by atoms with E-state index in [-0.39, 0.29) is 6.42 Å². The fourth-order valence-corrected chi connectivity index (χ4v) is 2.33. The maximum Gasteiger partial charge on any atom is 0.303 e. The van der Waals surface area contributed by atoms with Gasteiger partial charge < -0.3 is 9.51 Å². The minimum absolute atomic E-state index is 0.192. The molecule has 0 saturated heterocycles. The van der Waals surface area contributed by atoms with Crippen LogP contribution in [-0.2, 0) is 11.2 Å². The molecule has 0 spiro atoms. The van der Waals surface area contributed by atoms with Gasteiger partial charge in [-0.15, -0.1) is 0 Å². The highest BCUT2D eigenvalue weighted by Crippen LogP contribution is 2.28. The Balaban J connectivity index is 2.33. The first-order valence-electron chi connectivity index (χ1n) is 5.57. The van der Waals surface area contributed by atoms with Crippen LogP contribution in [0.25, 0.3) is 5.52 Å². The first-order valence-corrected chi connectivity index (χ1v) is 5.95. The summed E-state index contributed by atoms with van der Waals surface area (Å²) in [6.45, 7) is 1.98. The minimum Gasteiger partial charge on any atom is -0.481 e. The summed E-state index contributed by atoms with van der Waals surface area (Å²) in [5.41, 5.74) is 3.13. The van der Waals surface area contributed by atoms with Gasteiger partial charge in [-0.25, -0.2) is 0 Å². The molecule has 1 N–H and O–H groups in total. The van der Waals surface area contributed by atoms with E-state index in [1.54, 1.807) is 0 Å². The Kier molecular flexibility index (Phi) is 3.38. The number of hydrogen-bond donors (Lipinski definition) is 1. The normalized spacial score (nSPS) is 10.9. The second-order valence-corrected chi connectivity index (χ2v) is 4.47. The monoisotopic (exact) mass is 251 g/mol. The van der Waals surface area contributed by atoms with Gasteiger partial charge in [0.05, 0.1) is 10.5 Å². The van der Waals surface area contributed by atoms with Crippen molar-refractivity contribution in [3.63, 3.8) is 0 Å². The quantitative estimate of drug-likeness (QED) is 0.906. The minimum atomic E-state index is -0.755. The van der Waals surface area contributed by atoms with Crippen LogP contribution in [0.15, 0.2) is 24.4 Å². The molecule has 90 valence electrons. The maximum absolute atomic E-state index is 10.5. The number of carboxylic acid groups (broad SMARTS) is 1. The highest BCUT2D eigenvalue weighted by Gasteiger charge is 2.12. The zero-order chi connectivity index (χ0) is 12.4. The van der Waals surface area contributed by atoms with Gasteiger partial charge in [-0.3, -0.25) is 4.79 Å². The van der Waals surface area contributed by atoms with Crippen molar-refractivity contribution < 1.29 is 9.90 Å². The van der Waals surface area contributed by atoms with E-state index in [4.69, 9.17) is 16.7 Å². The molecule has 0 aliphatic carbocycles. The Labute approximate surface area is 105 Å².